The van der Waals surface area contributed by atoms with Crippen molar-refractivity contribution in [2.75, 3.05) is 118 Å². The van der Waals surface area contributed by atoms with Crippen LogP contribution in [0, 0.1) is 6.92 Å². The van der Waals surface area contributed by atoms with E-state index in [1.54, 1.807) is 6.07 Å². The van der Waals surface area contributed by atoms with E-state index in [2.05, 4.69) is 69.0 Å². The van der Waals surface area contributed by atoms with Crippen LogP contribution in [0.15, 0.2) is 92.0 Å². The smallest absolute Gasteiger partial charge is 0.318 e. The number of piperidine rings is 1. The molecule has 8 heterocycles. The molecule has 432 valence electrons. The molecule has 0 radical (unpaired) electrons. The van der Waals surface area contributed by atoms with Crippen molar-refractivity contribution >= 4 is 56.4 Å². The molecule has 4 fully saturated rings. The Morgan fingerprint density at radius 2 is 1.23 bits per heavy atom. The topological polar surface area (TPSA) is 179 Å². The molecule has 6 aliphatic rings. The van der Waals surface area contributed by atoms with Crippen LogP contribution >= 0.6 is 0 Å². The van der Waals surface area contributed by atoms with Crippen LogP contribution in [0.5, 0.6) is 23.5 Å². The molecule has 6 aromatic rings. The highest BCUT2D eigenvalue weighted by Crippen LogP contribution is 2.41. The van der Waals surface area contributed by atoms with Crippen LogP contribution in [-0.2, 0) is 35.5 Å². The molecule has 2 aromatic heterocycles. The van der Waals surface area contributed by atoms with E-state index in [-0.39, 0.29) is 29.1 Å². The van der Waals surface area contributed by atoms with E-state index in [9.17, 15) is 19.8 Å². The highest BCUT2D eigenvalue weighted by atomic mass is 16.5. The summed E-state index contributed by atoms with van der Waals surface area (Å²) >= 11 is 0. The predicted molar refractivity (Wildman–Crippen MR) is 324 cm³/mol. The molecule has 82 heavy (non-hydrogen) atoms. The molecule has 0 saturated carbocycles. The van der Waals surface area contributed by atoms with Crippen molar-refractivity contribution in [1.29, 1.82) is 0 Å². The number of nitrogens with zero attached hydrogens (tertiary/aromatic N) is 11. The Morgan fingerprint density at radius 3 is 1.83 bits per heavy atom. The number of aromatic nitrogens is 4. The highest BCUT2D eigenvalue weighted by Gasteiger charge is 2.34. The molecule has 12 rings (SSSR count). The lowest BCUT2D eigenvalue weighted by atomic mass is 9.99. The third-order valence-electron chi connectivity index (χ3n) is 17.3. The first-order valence-corrected chi connectivity index (χ1v) is 29.6. The molecule has 4 saturated heterocycles. The van der Waals surface area contributed by atoms with E-state index in [0.29, 0.717) is 96.4 Å². The second-order valence-electron chi connectivity index (χ2n) is 23.3. The number of benzene rings is 4. The van der Waals surface area contributed by atoms with Gasteiger partial charge in [0.2, 0.25) is 11.8 Å². The Bertz CT molecular complexity index is 3310. The summed E-state index contributed by atoms with van der Waals surface area (Å²) in [6, 6.07) is 22.9. The summed E-state index contributed by atoms with van der Waals surface area (Å²) in [5.41, 5.74) is 7.24. The molecular weight excluding hydrogens is 1030 g/mol. The van der Waals surface area contributed by atoms with Gasteiger partial charge in [-0.2, -0.15) is 19.9 Å². The zero-order valence-corrected chi connectivity index (χ0v) is 48.1. The number of ether oxygens (including phenoxy) is 2. The van der Waals surface area contributed by atoms with Crippen LogP contribution in [0.1, 0.15) is 80.5 Å². The van der Waals surface area contributed by atoms with Crippen molar-refractivity contribution in [3.05, 3.63) is 120 Å². The lowest BCUT2D eigenvalue weighted by Crippen LogP contribution is -2.49. The Balaban J connectivity index is 0.000000172. The maximum absolute atomic E-state index is 12.2. The molecule has 18 heteroatoms. The molecule has 3 N–H and O–H groups in total. The van der Waals surface area contributed by atoms with Crippen molar-refractivity contribution in [1.82, 2.24) is 40.0 Å². The van der Waals surface area contributed by atoms with Gasteiger partial charge in [-0.1, -0.05) is 68.1 Å². The average Bonchev–Trinajstić information content (AvgIpc) is 2.88. The molecule has 1 atom stereocenters. The van der Waals surface area contributed by atoms with Crippen molar-refractivity contribution in [2.45, 2.75) is 96.8 Å². The van der Waals surface area contributed by atoms with Gasteiger partial charge in [-0.25, -0.2) is 0 Å². The van der Waals surface area contributed by atoms with E-state index in [4.69, 9.17) is 29.4 Å². The van der Waals surface area contributed by atoms with Gasteiger partial charge < -0.3 is 59.3 Å². The van der Waals surface area contributed by atoms with Gasteiger partial charge in [0, 0.05) is 123 Å². The highest BCUT2D eigenvalue weighted by molar-refractivity contribution is 5.98. The summed E-state index contributed by atoms with van der Waals surface area (Å²) in [7, 11) is 0. The van der Waals surface area contributed by atoms with E-state index >= 15 is 0 Å². The fourth-order valence-corrected chi connectivity index (χ4v) is 12.9. The van der Waals surface area contributed by atoms with Gasteiger partial charge in [0.05, 0.1) is 36.8 Å². The molecule has 0 unspecified atom stereocenters. The first kappa shape index (κ1) is 56.2. The van der Waals surface area contributed by atoms with Crippen LogP contribution in [0.2, 0.25) is 0 Å². The van der Waals surface area contributed by atoms with Crippen molar-refractivity contribution in [2.24, 2.45) is 0 Å². The standard InChI is InChI=1S/C33H42N6O3.C31H38N6O3/c1-3-30(41)37-17-19-38(20-18-37)32-27-12-16-39(31-24(2)29(40)22-25-10-5-6-11-26(25)31)23-28(27)34-33(35-32)42-21-9-15-36-13-7-4-8-14-36;1-4-28(39)35-13-15-36(16-14-35)29-25-10-12-37(27-18-23(38)17-21-7-5-6-8-24(21)27)19-26(25)32-30(33-29)40-20-22-9-11-31(2,3)34-22/h3,5-6,10-11,22,40H,1,4,7-9,12-21,23H2,2H3;4-8,17-18,22,34,38H,1,9-16,19-20H2,2-3H3/t;22-/m.1/s1. The number of amides is 2. The summed E-state index contributed by atoms with van der Waals surface area (Å²) in [5, 5.41) is 29.1. The Kier molecular flexibility index (Phi) is 17.0. The number of likely N-dealkylation sites (tertiary alicyclic amines) is 1. The minimum absolute atomic E-state index is 0.0264. The molecule has 4 aromatic carbocycles. The normalized spacial score (nSPS) is 19.1. The van der Waals surface area contributed by atoms with Gasteiger partial charge in [-0.3, -0.25) is 9.59 Å². The van der Waals surface area contributed by atoms with Gasteiger partial charge in [0.15, 0.2) is 0 Å². The summed E-state index contributed by atoms with van der Waals surface area (Å²) in [5.74, 6) is 2.34. The summed E-state index contributed by atoms with van der Waals surface area (Å²) in [6.45, 7) is 26.3. The van der Waals surface area contributed by atoms with Crippen molar-refractivity contribution in [3.63, 3.8) is 0 Å². The van der Waals surface area contributed by atoms with Crippen LogP contribution < -0.4 is 34.4 Å². The number of fused-ring (bicyclic) bond motifs is 4. The number of piperazine rings is 2. The van der Waals surface area contributed by atoms with E-state index in [1.807, 2.05) is 65.3 Å². The number of hydrogen-bond acceptors (Lipinski definition) is 16. The number of hydrogen-bond donors (Lipinski definition) is 3. The maximum Gasteiger partial charge on any atom is 0.318 e. The maximum atomic E-state index is 12.2. The predicted octanol–water partition coefficient (Wildman–Crippen LogP) is 7.94. The molecule has 2 amide bonds. The molecule has 6 aliphatic heterocycles. The van der Waals surface area contributed by atoms with Crippen LogP contribution in [0.25, 0.3) is 21.5 Å². The number of aromatic hydroxyl groups is 2. The largest absolute Gasteiger partial charge is 0.508 e. The third kappa shape index (κ3) is 12.5. The third-order valence-corrected chi connectivity index (χ3v) is 17.3. The lowest BCUT2D eigenvalue weighted by Gasteiger charge is -2.38. The fourth-order valence-electron chi connectivity index (χ4n) is 12.9. The van der Waals surface area contributed by atoms with Gasteiger partial charge in [-0.05, 0) is 114 Å². The zero-order valence-electron chi connectivity index (χ0n) is 48.1. The number of carbonyl (C=O) groups excluding carboxylic acids is 2. The monoisotopic (exact) mass is 1110 g/mol. The second kappa shape index (κ2) is 24.8. The SMILES string of the molecule is C=CC(=O)N1CCN(c2nc(OCCCN3CCCCC3)nc3c2CCN(c2c(C)c(O)cc4ccccc24)C3)CC1.C=CC(=O)N1CCN(c2nc(OC[C@H]3CCC(C)(C)N3)nc3c2CCN(c2cc(O)cc4ccccc24)C3)CC1. The first-order valence-electron chi connectivity index (χ1n) is 29.6. The molecule has 0 spiro atoms. The molecule has 0 bridgehead atoms. The van der Waals surface area contributed by atoms with Crippen molar-refractivity contribution < 1.29 is 29.3 Å². The second-order valence-corrected chi connectivity index (χ2v) is 23.3. The number of anilines is 4. The van der Waals surface area contributed by atoms with Crippen LogP contribution in [-0.4, -0.2) is 167 Å². The van der Waals surface area contributed by atoms with E-state index < -0.39 is 0 Å². The number of nitrogens with one attached hydrogen (secondary N) is 1. The minimum atomic E-state index is -0.0330. The van der Waals surface area contributed by atoms with Crippen LogP contribution in [0.4, 0.5) is 23.0 Å². The fraction of sp³-hybridized carbons (Fsp3) is 0.469. The van der Waals surface area contributed by atoms with Gasteiger partial charge in [-0.15, -0.1) is 0 Å². The quantitative estimate of drug-likeness (QED) is 0.0707. The number of rotatable bonds is 14. The van der Waals surface area contributed by atoms with Crippen molar-refractivity contribution in [3.8, 4) is 23.5 Å². The van der Waals surface area contributed by atoms with Gasteiger partial charge in [0.25, 0.3) is 0 Å². The van der Waals surface area contributed by atoms with Gasteiger partial charge in [0.1, 0.15) is 29.7 Å². The molecular formula is C64H80N12O6. The Morgan fingerprint density at radius 1 is 0.671 bits per heavy atom. The van der Waals surface area contributed by atoms with E-state index in [0.717, 1.165) is 124 Å². The average molecular weight is 1110 g/mol. The summed E-state index contributed by atoms with van der Waals surface area (Å²) in [4.78, 5) is 59.5. The Hall–Kier alpha value is -7.70. The molecule has 0 aliphatic carbocycles. The lowest BCUT2D eigenvalue weighted by molar-refractivity contribution is -0.127. The summed E-state index contributed by atoms with van der Waals surface area (Å²) in [6.07, 6.45) is 11.4. The molecule has 18 nitrogen and oxygen atoms in total. The number of phenolic OH excluding ortho intramolecular Hbond substituents is 2. The zero-order chi connectivity index (χ0) is 56.9. The summed E-state index contributed by atoms with van der Waals surface area (Å²) < 4.78 is 12.5. The van der Waals surface area contributed by atoms with Gasteiger partial charge >= 0.3 is 12.0 Å². The number of phenols is 2. The van der Waals surface area contributed by atoms with Crippen LogP contribution in [0.3, 0.4) is 0 Å². The first-order chi connectivity index (χ1) is 39.8. The Labute approximate surface area is 482 Å². The minimum Gasteiger partial charge on any atom is -0.508 e. The van der Waals surface area contributed by atoms with E-state index in [1.165, 1.54) is 44.5 Å². The number of carbonyl (C=O) groups is 2.